The Bertz CT molecular complexity index is 550. The lowest BCUT2D eigenvalue weighted by atomic mass is 10.1. The summed E-state index contributed by atoms with van der Waals surface area (Å²) in [6, 6.07) is 4.24. The number of nitrogens with zero attached hydrogens (tertiary/aromatic N) is 2. The topological polar surface area (TPSA) is 54.0 Å². The van der Waals surface area contributed by atoms with E-state index in [0.29, 0.717) is 12.1 Å². The van der Waals surface area contributed by atoms with E-state index in [0.717, 1.165) is 32.8 Å². The minimum Gasteiger partial charge on any atom is -0.494 e. The molecule has 1 heterocycles. The van der Waals surface area contributed by atoms with E-state index in [1.807, 2.05) is 6.92 Å². The zero-order chi connectivity index (χ0) is 17.5. The molecule has 0 unspecified atom stereocenters. The Balaban J connectivity index is 1.82. The number of ether oxygens (including phenoxy) is 2. The molecule has 0 aliphatic carbocycles. The third-order valence-corrected chi connectivity index (χ3v) is 4.22. The average molecular weight is 339 g/mol. The lowest BCUT2D eigenvalue weighted by molar-refractivity contribution is 0.0357. The Labute approximate surface area is 142 Å². The first-order chi connectivity index (χ1) is 11.5. The summed E-state index contributed by atoms with van der Waals surface area (Å²) in [5.41, 5.74) is 0.697. The lowest BCUT2D eigenvalue weighted by Crippen LogP contribution is -2.45. The smallest absolute Gasteiger partial charge is 0.317 e. The molecule has 134 valence electrons. The molecule has 1 aromatic rings. The van der Waals surface area contributed by atoms with Crippen LogP contribution >= 0.6 is 0 Å². The zero-order valence-corrected chi connectivity index (χ0v) is 14.5. The molecule has 2 rings (SSSR count). The maximum absolute atomic E-state index is 13.8. The quantitative estimate of drug-likeness (QED) is 0.860. The predicted molar refractivity (Wildman–Crippen MR) is 89.8 cm³/mol. The number of methoxy groups -OCH3 is 1. The molecule has 1 aromatic carbocycles. The zero-order valence-electron chi connectivity index (χ0n) is 14.5. The van der Waals surface area contributed by atoms with E-state index in [1.54, 1.807) is 24.1 Å². The van der Waals surface area contributed by atoms with Crippen molar-refractivity contribution >= 4 is 6.03 Å². The fourth-order valence-electron chi connectivity index (χ4n) is 2.55. The summed E-state index contributed by atoms with van der Waals surface area (Å²) in [6.07, 6.45) is 0. The van der Waals surface area contributed by atoms with Crippen LogP contribution in [-0.4, -0.2) is 69.4 Å². The minimum absolute atomic E-state index is 0.174. The third kappa shape index (κ3) is 5.07. The van der Waals surface area contributed by atoms with Crippen LogP contribution < -0.4 is 10.1 Å². The summed E-state index contributed by atoms with van der Waals surface area (Å²) in [4.78, 5) is 16.2. The second-order valence-electron chi connectivity index (χ2n) is 5.94. The van der Waals surface area contributed by atoms with E-state index in [2.05, 4.69) is 10.2 Å². The van der Waals surface area contributed by atoms with Gasteiger partial charge in [-0.05, 0) is 24.6 Å². The van der Waals surface area contributed by atoms with Gasteiger partial charge in [-0.25, -0.2) is 9.18 Å². The van der Waals surface area contributed by atoms with Crippen molar-refractivity contribution in [2.24, 2.45) is 0 Å². The van der Waals surface area contributed by atoms with Crippen LogP contribution in [0.15, 0.2) is 18.2 Å². The molecule has 1 atom stereocenters. The fourth-order valence-corrected chi connectivity index (χ4v) is 2.55. The van der Waals surface area contributed by atoms with Crippen molar-refractivity contribution in [3.8, 4) is 5.75 Å². The van der Waals surface area contributed by atoms with Crippen molar-refractivity contribution in [3.63, 3.8) is 0 Å². The number of amides is 2. The number of halogens is 1. The molecule has 0 aromatic heterocycles. The van der Waals surface area contributed by atoms with E-state index >= 15 is 0 Å². The third-order valence-electron chi connectivity index (χ3n) is 4.22. The highest BCUT2D eigenvalue weighted by atomic mass is 19.1. The maximum atomic E-state index is 13.8. The first-order valence-electron chi connectivity index (χ1n) is 8.16. The summed E-state index contributed by atoms with van der Waals surface area (Å²) in [7, 11) is 3.18. The number of likely N-dealkylation sites (N-methyl/N-ethyl adjacent to an activating group) is 1. The van der Waals surface area contributed by atoms with Crippen LogP contribution in [0.5, 0.6) is 5.75 Å². The number of benzene rings is 1. The summed E-state index contributed by atoms with van der Waals surface area (Å²) in [5.74, 6) is -0.239. The second kappa shape index (κ2) is 8.84. The number of urea groups is 1. The molecule has 0 saturated carbocycles. The van der Waals surface area contributed by atoms with Crippen molar-refractivity contribution in [1.29, 1.82) is 0 Å². The van der Waals surface area contributed by atoms with Crippen molar-refractivity contribution in [3.05, 3.63) is 29.6 Å². The highest BCUT2D eigenvalue weighted by Gasteiger charge is 2.16. The largest absolute Gasteiger partial charge is 0.494 e. The Kier molecular flexibility index (Phi) is 6.81. The number of carbonyl (C=O) groups excluding carboxylic acids is 1. The van der Waals surface area contributed by atoms with Crippen molar-refractivity contribution in [2.45, 2.75) is 13.0 Å². The molecular formula is C17H26FN3O3. The van der Waals surface area contributed by atoms with E-state index < -0.39 is 5.82 Å². The number of carbonyl (C=O) groups is 1. The monoisotopic (exact) mass is 339 g/mol. The molecular weight excluding hydrogens is 313 g/mol. The van der Waals surface area contributed by atoms with E-state index in [9.17, 15) is 9.18 Å². The second-order valence-corrected chi connectivity index (χ2v) is 5.94. The highest BCUT2D eigenvalue weighted by Crippen LogP contribution is 2.21. The van der Waals surface area contributed by atoms with Gasteiger partial charge in [-0.3, -0.25) is 4.90 Å². The minimum atomic E-state index is -0.434. The van der Waals surface area contributed by atoms with Gasteiger partial charge in [0, 0.05) is 33.2 Å². The van der Waals surface area contributed by atoms with Gasteiger partial charge in [-0.1, -0.05) is 6.07 Å². The maximum Gasteiger partial charge on any atom is 0.317 e. The van der Waals surface area contributed by atoms with Gasteiger partial charge in [-0.2, -0.15) is 0 Å². The van der Waals surface area contributed by atoms with Crippen molar-refractivity contribution in [1.82, 2.24) is 15.1 Å². The number of nitrogens with one attached hydrogen (secondary N) is 1. The van der Waals surface area contributed by atoms with E-state index in [-0.39, 0.29) is 17.8 Å². The van der Waals surface area contributed by atoms with Gasteiger partial charge in [0.15, 0.2) is 11.6 Å². The molecule has 0 bridgehead atoms. The number of rotatable bonds is 6. The Morgan fingerprint density at radius 1 is 1.46 bits per heavy atom. The van der Waals surface area contributed by atoms with Crippen LogP contribution in [0.2, 0.25) is 0 Å². The molecule has 24 heavy (non-hydrogen) atoms. The van der Waals surface area contributed by atoms with Crippen molar-refractivity contribution in [2.75, 3.05) is 53.6 Å². The van der Waals surface area contributed by atoms with Crippen LogP contribution in [0.3, 0.4) is 0 Å². The lowest BCUT2D eigenvalue weighted by Gasteiger charge is -2.29. The average Bonchev–Trinajstić information content (AvgIpc) is 2.60. The molecule has 2 amide bonds. The van der Waals surface area contributed by atoms with Crippen molar-refractivity contribution < 1.29 is 18.7 Å². The molecule has 0 radical (unpaired) electrons. The van der Waals surface area contributed by atoms with Gasteiger partial charge in [0.05, 0.1) is 26.4 Å². The van der Waals surface area contributed by atoms with Gasteiger partial charge in [0.2, 0.25) is 0 Å². The van der Waals surface area contributed by atoms with E-state index in [1.165, 1.54) is 13.2 Å². The summed E-state index contributed by atoms with van der Waals surface area (Å²) in [5, 5.41) is 2.88. The molecule has 1 fully saturated rings. The van der Waals surface area contributed by atoms with Crippen LogP contribution in [0, 0.1) is 5.82 Å². The van der Waals surface area contributed by atoms with Crippen LogP contribution in [-0.2, 0) is 4.74 Å². The van der Waals surface area contributed by atoms with Gasteiger partial charge in [0.1, 0.15) is 0 Å². The molecule has 6 nitrogen and oxygen atoms in total. The normalized spacial score (nSPS) is 16.5. The highest BCUT2D eigenvalue weighted by molar-refractivity contribution is 5.74. The van der Waals surface area contributed by atoms with Gasteiger partial charge < -0.3 is 19.7 Å². The molecule has 1 N–H and O–H groups in total. The van der Waals surface area contributed by atoms with Gasteiger partial charge >= 0.3 is 6.03 Å². The first kappa shape index (κ1) is 18.5. The SMILES string of the molecule is COc1ccc([C@H](C)NC(=O)N(C)CCN2CCOCC2)cc1F. The molecule has 7 heteroatoms. The Morgan fingerprint density at radius 2 is 2.17 bits per heavy atom. The van der Waals surface area contributed by atoms with Gasteiger partial charge in [-0.15, -0.1) is 0 Å². The molecule has 1 aliphatic heterocycles. The van der Waals surface area contributed by atoms with Crippen LogP contribution in [0.4, 0.5) is 9.18 Å². The number of morpholine rings is 1. The summed E-state index contributed by atoms with van der Waals surface area (Å²) >= 11 is 0. The predicted octanol–water partition coefficient (Wildman–Crippen LogP) is 1.87. The summed E-state index contributed by atoms with van der Waals surface area (Å²) < 4.78 is 24.0. The number of hydrogen-bond donors (Lipinski definition) is 1. The fraction of sp³-hybridized carbons (Fsp3) is 0.588. The Morgan fingerprint density at radius 3 is 2.79 bits per heavy atom. The van der Waals surface area contributed by atoms with Crippen LogP contribution in [0.25, 0.3) is 0 Å². The first-order valence-corrected chi connectivity index (χ1v) is 8.16. The van der Waals surface area contributed by atoms with Gasteiger partial charge in [0.25, 0.3) is 0 Å². The number of hydrogen-bond acceptors (Lipinski definition) is 4. The standard InChI is InChI=1S/C17H26FN3O3/c1-13(14-4-5-16(23-3)15(18)12-14)19-17(22)20(2)6-7-21-8-10-24-11-9-21/h4-5,12-13H,6-11H2,1-3H3,(H,19,22)/t13-/m0/s1. The summed E-state index contributed by atoms with van der Waals surface area (Å²) in [6.45, 7) is 6.57. The molecule has 1 saturated heterocycles. The van der Waals surface area contributed by atoms with Crippen LogP contribution in [0.1, 0.15) is 18.5 Å². The van der Waals surface area contributed by atoms with E-state index in [4.69, 9.17) is 9.47 Å². The molecule has 0 spiro atoms. The Hall–Kier alpha value is -1.86. The molecule has 1 aliphatic rings.